The third-order valence-corrected chi connectivity index (χ3v) is 6.72. The molecule has 0 atom stereocenters. The van der Waals surface area contributed by atoms with Crippen LogP contribution in [0.2, 0.25) is 0 Å². The number of hydrogen-bond acceptors (Lipinski definition) is 6. The van der Waals surface area contributed by atoms with Gasteiger partial charge in [-0.25, -0.2) is 0 Å². The maximum absolute atomic E-state index is 12.8. The minimum atomic E-state index is -0.326. The number of fused-ring (bicyclic) bond motifs is 2. The van der Waals surface area contributed by atoms with Crippen LogP contribution in [0.3, 0.4) is 0 Å². The molecule has 0 unspecified atom stereocenters. The molecule has 0 fully saturated rings. The normalized spacial score (nSPS) is 12.6. The fourth-order valence-electron chi connectivity index (χ4n) is 4.06. The van der Waals surface area contributed by atoms with Gasteiger partial charge in [0.05, 0.1) is 11.4 Å². The highest BCUT2D eigenvalue weighted by Gasteiger charge is 2.31. The van der Waals surface area contributed by atoms with Crippen molar-refractivity contribution < 1.29 is 9.59 Å². The average molecular weight is 445 g/mol. The number of benzene rings is 2. The second-order valence-electron chi connectivity index (χ2n) is 7.70. The zero-order chi connectivity index (χ0) is 22.7. The Bertz CT molecular complexity index is 1220. The molecular weight excluding hydrogens is 420 g/mol. The standard InChI is InChI=1S/C25H24N4O2S/c1-28-20-8-4-5-9-21(20)29(2)25(28)19(15-26)22(30)11-12-24(31)27-14-13-17-16-32-23-10-6-3-7-18(17)23/h3-10,16H,11-14H2,1-2H3,(H,27,31). The van der Waals surface area contributed by atoms with Gasteiger partial charge in [-0.05, 0) is 40.9 Å². The molecular formula is C25H24N4O2S. The van der Waals surface area contributed by atoms with E-state index < -0.39 is 0 Å². The second-order valence-corrected chi connectivity index (χ2v) is 8.61. The summed E-state index contributed by atoms with van der Waals surface area (Å²) in [6.45, 7) is 0.515. The van der Waals surface area contributed by atoms with Crippen molar-refractivity contribution in [3.05, 3.63) is 70.9 Å². The summed E-state index contributed by atoms with van der Waals surface area (Å²) < 4.78 is 1.24. The molecule has 1 N–H and O–H groups in total. The van der Waals surface area contributed by atoms with Gasteiger partial charge in [-0.15, -0.1) is 11.3 Å². The van der Waals surface area contributed by atoms with Gasteiger partial charge in [0.25, 0.3) is 0 Å². The zero-order valence-electron chi connectivity index (χ0n) is 18.1. The molecule has 0 aliphatic carbocycles. The highest BCUT2D eigenvalue weighted by Crippen LogP contribution is 2.40. The number of amides is 1. The van der Waals surface area contributed by atoms with Gasteiger partial charge in [-0.1, -0.05) is 30.3 Å². The average Bonchev–Trinajstić information content (AvgIpc) is 3.33. The Kier molecular flexibility index (Phi) is 6.24. The van der Waals surface area contributed by atoms with Gasteiger partial charge in [-0.3, -0.25) is 9.59 Å². The summed E-state index contributed by atoms with van der Waals surface area (Å²) in [4.78, 5) is 28.8. The summed E-state index contributed by atoms with van der Waals surface area (Å²) >= 11 is 1.70. The van der Waals surface area contributed by atoms with Crippen molar-refractivity contribution in [2.45, 2.75) is 19.3 Å². The van der Waals surface area contributed by atoms with E-state index in [2.05, 4.69) is 28.9 Å². The van der Waals surface area contributed by atoms with Gasteiger partial charge in [-0.2, -0.15) is 5.26 Å². The molecule has 1 aliphatic heterocycles. The van der Waals surface area contributed by atoms with E-state index in [0.717, 1.165) is 17.8 Å². The van der Waals surface area contributed by atoms with Crippen LogP contribution in [-0.4, -0.2) is 32.3 Å². The van der Waals surface area contributed by atoms with Crippen LogP contribution in [0.5, 0.6) is 0 Å². The van der Waals surface area contributed by atoms with Gasteiger partial charge in [0, 0.05) is 38.2 Å². The first-order valence-electron chi connectivity index (χ1n) is 10.5. The highest BCUT2D eigenvalue weighted by molar-refractivity contribution is 7.17. The molecule has 7 heteroatoms. The van der Waals surface area contributed by atoms with E-state index in [1.165, 1.54) is 15.6 Å². The van der Waals surface area contributed by atoms with Gasteiger partial charge in [0.15, 0.2) is 5.78 Å². The number of carbonyl (C=O) groups excluding carboxylic acids is 2. The summed E-state index contributed by atoms with van der Waals surface area (Å²) in [7, 11) is 3.67. The van der Waals surface area contributed by atoms with E-state index in [1.54, 1.807) is 11.3 Å². The fraction of sp³-hybridized carbons (Fsp3) is 0.240. The molecule has 0 radical (unpaired) electrons. The molecule has 4 rings (SSSR count). The number of thiophene rings is 1. The number of nitrogens with zero attached hydrogens (tertiary/aromatic N) is 3. The Hall–Kier alpha value is -3.63. The molecule has 2 aromatic carbocycles. The quantitative estimate of drug-likeness (QED) is 0.436. The van der Waals surface area contributed by atoms with E-state index in [4.69, 9.17) is 0 Å². The first-order valence-corrected chi connectivity index (χ1v) is 11.3. The lowest BCUT2D eigenvalue weighted by Gasteiger charge is -2.19. The topological polar surface area (TPSA) is 76.4 Å². The monoisotopic (exact) mass is 444 g/mol. The molecule has 0 saturated heterocycles. The summed E-state index contributed by atoms with van der Waals surface area (Å²) in [5.41, 5.74) is 3.16. The second kappa shape index (κ2) is 9.25. The van der Waals surface area contributed by atoms with Crippen LogP contribution in [0.4, 0.5) is 11.4 Å². The van der Waals surface area contributed by atoms with Crippen molar-refractivity contribution in [1.29, 1.82) is 5.26 Å². The number of rotatable bonds is 7. The van der Waals surface area contributed by atoms with Crippen molar-refractivity contribution >= 4 is 44.5 Å². The lowest BCUT2D eigenvalue weighted by Crippen LogP contribution is -2.28. The van der Waals surface area contributed by atoms with Crippen LogP contribution < -0.4 is 15.1 Å². The first-order chi connectivity index (χ1) is 15.5. The van der Waals surface area contributed by atoms with E-state index in [9.17, 15) is 14.9 Å². The number of ketones is 1. The maximum atomic E-state index is 12.8. The van der Waals surface area contributed by atoms with Crippen LogP contribution >= 0.6 is 11.3 Å². The van der Waals surface area contributed by atoms with E-state index in [1.807, 2.05) is 60.3 Å². The van der Waals surface area contributed by atoms with E-state index >= 15 is 0 Å². The van der Waals surface area contributed by atoms with Crippen molar-refractivity contribution in [2.24, 2.45) is 0 Å². The third kappa shape index (κ3) is 4.10. The number of carbonyl (C=O) groups is 2. The lowest BCUT2D eigenvalue weighted by atomic mass is 10.1. The molecule has 162 valence electrons. The third-order valence-electron chi connectivity index (χ3n) is 5.71. The van der Waals surface area contributed by atoms with Crippen molar-refractivity contribution in [3.63, 3.8) is 0 Å². The number of para-hydroxylation sites is 2. The predicted octanol–water partition coefficient (Wildman–Crippen LogP) is 4.23. The summed E-state index contributed by atoms with van der Waals surface area (Å²) in [6, 6.07) is 18.0. The van der Waals surface area contributed by atoms with Crippen LogP contribution in [0.15, 0.2) is 65.3 Å². The minimum Gasteiger partial charge on any atom is -0.356 e. The smallest absolute Gasteiger partial charge is 0.220 e. The SMILES string of the molecule is CN1C(=C(C#N)C(=O)CCC(=O)NCCc2csc3ccccc23)N(C)c2ccccc21. The molecule has 6 nitrogen and oxygen atoms in total. The molecule has 1 aromatic heterocycles. The molecule has 3 aromatic rings. The van der Waals surface area contributed by atoms with E-state index in [0.29, 0.717) is 12.4 Å². The van der Waals surface area contributed by atoms with Gasteiger partial charge < -0.3 is 15.1 Å². The van der Waals surface area contributed by atoms with Gasteiger partial charge in [0.1, 0.15) is 17.5 Å². The summed E-state index contributed by atoms with van der Waals surface area (Å²) in [6.07, 6.45) is 0.796. The zero-order valence-corrected chi connectivity index (χ0v) is 18.9. The van der Waals surface area contributed by atoms with Crippen LogP contribution in [0.25, 0.3) is 10.1 Å². The molecule has 0 spiro atoms. The number of anilines is 2. The molecule has 0 saturated carbocycles. The van der Waals surface area contributed by atoms with Crippen molar-refractivity contribution in [2.75, 3.05) is 30.4 Å². The Labute approximate surface area is 191 Å². The number of hydrogen-bond donors (Lipinski definition) is 1. The molecule has 2 heterocycles. The number of nitriles is 1. The van der Waals surface area contributed by atoms with Gasteiger partial charge >= 0.3 is 0 Å². The molecule has 1 aliphatic rings. The molecule has 32 heavy (non-hydrogen) atoms. The summed E-state index contributed by atoms with van der Waals surface area (Å²) in [5, 5.41) is 15.9. The number of allylic oxidation sites excluding steroid dienone is 1. The lowest BCUT2D eigenvalue weighted by molar-refractivity contribution is -0.124. The maximum Gasteiger partial charge on any atom is 0.220 e. The van der Waals surface area contributed by atoms with E-state index in [-0.39, 0.29) is 30.1 Å². The van der Waals surface area contributed by atoms with Crippen molar-refractivity contribution in [3.8, 4) is 6.07 Å². The first kappa shape index (κ1) is 21.6. The van der Waals surface area contributed by atoms with Crippen LogP contribution in [0, 0.1) is 11.3 Å². The van der Waals surface area contributed by atoms with Crippen LogP contribution in [-0.2, 0) is 16.0 Å². The largest absolute Gasteiger partial charge is 0.356 e. The Morgan fingerprint density at radius 3 is 2.34 bits per heavy atom. The minimum absolute atomic E-state index is 0.00235. The Balaban J connectivity index is 1.34. The predicted molar refractivity (Wildman–Crippen MR) is 129 cm³/mol. The summed E-state index contributed by atoms with van der Waals surface area (Å²) in [5.74, 6) is 0.0352. The van der Waals surface area contributed by atoms with Gasteiger partial charge in [0.2, 0.25) is 5.91 Å². The Morgan fingerprint density at radius 2 is 1.66 bits per heavy atom. The number of nitrogens with one attached hydrogen (secondary N) is 1. The molecule has 1 amide bonds. The number of Topliss-reactive ketones (excluding diaryl/α,β-unsaturated/α-hetero) is 1. The Morgan fingerprint density at radius 1 is 1.00 bits per heavy atom. The highest BCUT2D eigenvalue weighted by atomic mass is 32.1. The van der Waals surface area contributed by atoms with Crippen molar-refractivity contribution in [1.82, 2.24) is 5.32 Å². The molecule has 0 bridgehead atoms. The van der Waals surface area contributed by atoms with Crippen LogP contribution in [0.1, 0.15) is 18.4 Å². The fourth-order valence-corrected chi connectivity index (χ4v) is 5.06.